The van der Waals surface area contributed by atoms with Crippen molar-refractivity contribution in [3.05, 3.63) is 12.4 Å². The van der Waals surface area contributed by atoms with Crippen LogP contribution in [0, 0.1) is 16.7 Å². The van der Waals surface area contributed by atoms with Crippen molar-refractivity contribution in [1.29, 1.82) is 0 Å². The molecule has 1 aromatic heterocycles. The number of hydrogen-bond acceptors (Lipinski definition) is 4. The predicted octanol–water partition coefficient (Wildman–Crippen LogP) is 3.68. The Kier molecular flexibility index (Phi) is 2.61. The van der Waals surface area contributed by atoms with Crippen LogP contribution in [0.3, 0.4) is 0 Å². The Hall–Kier alpha value is -1.32. The van der Waals surface area contributed by atoms with E-state index >= 15 is 0 Å². The minimum atomic E-state index is 0.240. The third kappa shape index (κ3) is 2.19. The van der Waals surface area contributed by atoms with Gasteiger partial charge in [0, 0.05) is 12.6 Å². The van der Waals surface area contributed by atoms with Crippen LogP contribution in [-0.2, 0) is 0 Å². The largest absolute Gasteiger partial charge is 0.372 e. The van der Waals surface area contributed by atoms with Crippen LogP contribution in [0.2, 0.25) is 0 Å². The molecule has 0 saturated heterocycles. The van der Waals surface area contributed by atoms with Crippen molar-refractivity contribution in [2.45, 2.75) is 57.9 Å². The van der Waals surface area contributed by atoms with E-state index in [1.54, 1.807) is 6.20 Å². The fourth-order valence-electron chi connectivity index (χ4n) is 6.41. The van der Waals surface area contributed by atoms with Crippen LogP contribution in [0.4, 0.5) is 11.6 Å². The van der Waals surface area contributed by atoms with E-state index < -0.39 is 0 Å². The van der Waals surface area contributed by atoms with E-state index in [0.29, 0.717) is 10.8 Å². The second kappa shape index (κ2) is 4.11. The van der Waals surface area contributed by atoms with Gasteiger partial charge in [-0.05, 0) is 55.3 Å². The zero-order valence-electron chi connectivity index (χ0n) is 13.4. The monoisotopic (exact) mass is 286 g/mol. The molecule has 2 atom stereocenters. The van der Waals surface area contributed by atoms with Crippen molar-refractivity contribution in [3.8, 4) is 0 Å². The van der Waals surface area contributed by atoms with Crippen LogP contribution in [0.25, 0.3) is 0 Å². The summed E-state index contributed by atoms with van der Waals surface area (Å²) in [6, 6.07) is 0. The van der Waals surface area contributed by atoms with Gasteiger partial charge in [-0.3, -0.25) is 4.98 Å². The molecule has 0 radical (unpaired) electrons. The first kappa shape index (κ1) is 13.4. The summed E-state index contributed by atoms with van der Waals surface area (Å²) in [5, 5.41) is 6.87. The van der Waals surface area contributed by atoms with Gasteiger partial charge in [0.1, 0.15) is 11.6 Å². The van der Waals surface area contributed by atoms with E-state index in [1.165, 1.54) is 38.5 Å². The maximum atomic E-state index is 4.63. The second-order valence-electron chi connectivity index (χ2n) is 8.57. The van der Waals surface area contributed by atoms with Crippen LogP contribution in [0.1, 0.15) is 52.4 Å². The van der Waals surface area contributed by atoms with E-state index in [-0.39, 0.29) is 5.54 Å². The third-order valence-corrected chi connectivity index (χ3v) is 5.91. The Morgan fingerprint density at radius 2 is 1.67 bits per heavy atom. The van der Waals surface area contributed by atoms with Gasteiger partial charge >= 0.3 is 0 Å². The van der Waals surface area contributed by atoms with E-state index in [2.05, 4.69) is 34.4 Å². The summed E-state index contributed by atoms with van der Waals surface area (Å²) in [7, 11) is 1.89. The molecule has 5 rings (SSSR count). The van der Waals surface area contributed by atoms with Crippen LogP contribution in [0.15, 0.2) is 12.4 Å². The van der Waals surface area contributed by atoms with Crippen molar-refractivity contribution >= 4 is 11.6 Å². The van der Waals surface area contributed by atoms with Gasteiger partial charge in [-0.25, -0.2) is 4.98 Å². The van der Waals surface area contributed by atoms with Gasteiger partial charge in [0.2, 0.25) is 0 Å². The van der Waals surface area contributed by atoms with E-state index in [9.17, 15) is 0 Å². The highest BCUT2D eigenvalue weighted by atomic mass is 15.1. The third-order valence-electron chi connectivity index (χ3n) is 5.91. The highest BCUT2D eigenvalue weighted by Gasteiger charge is 2.60. The molecule has 0 spiro atoms. The molecule has 4 nitrogen and oxygen atoms in total. The summed E-state index contributed by atoms with van der Waals surface area (Å²) in [5.74, 6) is 2.65. The summed E-state index contributed by atoms with van der Waals surface area (Å²) in [6.45, 7) is 5.00. The standard InChI is InChI=1S/C17H26N4/c1-15-4-12-5-16(2,9-15)11-17(6-12,10-15)21-14-8-19-7-13(18-3)20-14/h7-8,12H,4-6,9-11H2,1-3H3,(H2,18,20,21). The lowest BCUT2D eigenvalue weighted by Crippen LogP contribution is -2.61. The van der Waals surface area contributed by atoms with Crippen LogP contribution in [0.5, 0.6) is 0 Å². The zero-order chi connectivity index (χ0) is 14.7. The molecule has 4 saturated carbocycles. The molecule has 0 amide bonds. The van der Waals surface area contributed by atoms with Crippen LogP contribution >= 0.6 is 0 Å². The quantitative estimate of drug-likeness (QED) is 0.890. The van der Waals surface area contributed by atoms with E-state index in [1.807, 2.05) is 13.2 Å². The molecule has 4 bridgehead atoms. The highest BCUT2D eigenvalue weighted by Crippen LogP contribution is 2.66. The van der Waals surface area contributed by atoms with Gasteiger partial charge in [-0.2, -0.15) is 0 Å². The molecule has 114 valence electrons. The van der Waals surface area contributed by atoms with Gasteiger partial charge in [0.15, 0.2) is 0 Å². The Morgan fingerprint density at radius 3 is 2.29 bits per heavy atom. The van der Waals surface area contributed by atoms with Gasteiger partial charge in [-0.15, -0.1) is 0 Å². The lowest BCUT2D eigenvalue weighted by Gasteiger charge is -2.65. The first-order valence-electron chi connectivity index (χ1n) is 8.20. The maximum Gasteiger partial charge on any atom is 0.147 e. The van der Waals surface area contributed by atoms with E-state index in [4.69, 9.17) is 0 Å². The molecule has 2 unspecified atom stereocenters. The Morgan fingerprint density at radius 1 is 1.00 bits per heavy atom. The minimum Gasteiger partial charge on any atom is -0.372 e. The van der Waals surface area contributed by atoms with Gasteiger partial charge in [0.05, 0.1) is 12.4 Å². The number of nitrogens with zero attached hydrogens (tertiary/aromatic N) is 2. The van der Waals surface area contributed by atoms with Crippen molar-refractivity contribution in [2.24, 2.45) is 16.7 Å². The number of anilines is 2. The van der Waals surface area contributed by atoms with Gasteiger partial charge in [-0.1, -0.05) is 13.8 Å². The average Bonchev–Trinajstić information content (AvgIpc) is 2.33. The van der Waals surface area contributed by atoms with Gasteiger partial charge in [0.25, 0.3) is 0 Å². The highest BCUT2D eigenvalue weighted by molar-refractivity contribution is 5.44. The Bertz CT molecular complexity index is 552. The molecular formula is C17H26N4. The molecule has 2 N–H and O–H groups in total. The summed E-state index contributed by atoms with van der Waals surface area (Å²) < 4.78 is 0. The summed E-state index contributed by atoms with van der Waals surface area (Å²) in [4.78, 5) is 8.93. The fraction of sp³-hybridized carbons (Fsp3) is 0.765. The first-order chi connectivity index (χ1) is 9.92. The second-order valence-corrected chi connectivity index (χ2v) is 8.57. The molecule has 1 heterocycles. The normalized spacial score (nSPS) is 43.9. The van der Waals surface area contributed by atoms with Crippen molar-refractivity contribution in [3.63, 3.8) is 0 Å². The minimum absolute atomic E-state index is 0.240. The number of nitrogens with one attached hydrogen (secondary N) is 2. The molecule has 0 aliphatic heterocycles. The molecule has 4 aliphatic rings. The SMILES string of the molecule is CNc1cncc(NC23CC4CC(C)(CC(C)(C4)C2)C3)n1. The summed E-state index contributed by atoms with van der Waals surface area (Å²) in [5.41, 5.74) is 1.29. The molecule has 4 fully saturated rings. The summed E-state index contributed by atoms with van der Waals surface area (Å²) >= 11 is 0. The van der Waals surface area contributed by atoms with Crippen LogP contribution < -0.4 is 10.6 Å². The average molecular weight is 286 g/mol. The Labute approximate surface area is 127 Å². The van der Waals surface area contributed by atoms with Crippen molar-refractivity contribution in [2.75, 3.05) is 17.7 Å². The fourth-order valence-corrected chi connectivity index (χ4v) is 6.41. The maximum absolute atomic E-state index is 4.63. The van der Waals surface area contributed by atoms with E-state index in [0.717, 1.165) is 17.6 Å². The predicted molar refractivity (Wildman–Crippen MR) is 85.3 cm³/mol. The lowest BCUT2D eigenvalue weighted by molar-refractivity contribution is -0.0973. The number of hydrogen-bond donors (Lipinski definition) is 2. The molecule has 4 aliphatic carbocycles. The molecule has 4 heteroatoms. The van der Waals surface area contributed by atoms with Crippen molar-refractivity contribution in [1.82, 2.24) is 9.97 Å². The molecular weight excluding hydrogens is 260 g/mol. The topological polar surface area (TPSA) is 49.8 Å². The van der Waals surface area contributed by atoms with Crippen LogP contribution in [-0.4, -0.2) is 22.6 Å². The zero-order valence-corrected chi connectivity index (χ0v) is 13.4. The first-order valence-corrected chi connectivity index (χ1v) is 8.20. The summed E-state index contributed by atoms with van der Waals surface area (Å²) in [6.07, 6.45) is 11.8. The lowest BCUT2D eigenvalue weighted by atomic mass is 9.43. The Balaban J connectivity index is 1.65. The number of rotatable bonds is 3. The molecule has 0 aromatic carbocycles. The number of aromatic nitrogens is 2. The molecule has 21 heavy (non-hydrogen) atoms. The molecule has 1 aromatic rings. The smallest absolute Gasteiger partial charge is 0.147 e. The van der Waals surface area contributed by atoms with Gasteiger partial charge < -0.3 is 10.6 Å². The van der Waals surface area contributed by atoms with Crippen molar-refractivity contribution < 1.29 is 0 Å².